The monoisotopic (exact) mass is 180 g/mol. The van der Waals surface area contributed by atoms with Crippen LogP contribution in [0.4, 0.5) is 0 Å². The van der Waals surface area contributed by atoms with Crippen LogP contribution in [-0.4, -0.2) is 18.4 Å². The number of ether oxygens (including phenoxy) is 1. The number of hydrogen-bond donors (Lipinski definition) is 0. The molecule has 2 rings (SSSR count). The van der Waals surface area contributed by atoms with Gasteiger partial charge in [0.25, 0.3) is 0 Å². The minimum absolute atomic E-state index is 0.157. The number of furan rings is 1. The average molecular weight is 180 g/mol. The van der Waals surface area contributed by atoms with Crippen molar-refractivity contribution >= 4 is 11.8 Å². The lowest BCUT2D eigenvalue weighted by Crippen LogP contribution is -2.13. The SMILES string of the molecule is O=C1CC(C(=O)c2ccco2)CO1. The molecule has 0 radical (unpaired) electrons. The molecule has 4 nitrogen and oxygen atoms in total. The Labute approximate surface area is 74.5 Å². The van der Waals surface area contributed by atoms with Crippen LogP contribution in [0.15, 0.2) is 22.8 Å². The average Bonchev–Trinajstić information content (AvgIpc) is 2.72. The topological polar surface area (TPSA) is 56.5 Å². The highest BCUT2D eigenvalue weighted by Crippen LogP contribution is 2.19. The van der Waals surface area contributed by atoms with Crippen LogP contribution in [0, 0.1) is 5.92 Å². The molecule has 1 atom stereocenters. The molecular formula is C9H8O4. The van der Waals surface area contributed by atoms with Gasteiger partial charge in [0, 0.05) is 0 Å². The Hall–Kier alpha value is -1.58. The molecule has 0 amide bonds. The van der Waals surface area contributed by atoms with E-state index in [4.69, 9.17) is 4.42 Å². The second-order valence-electron chi connectivity index (χ2n) is 2.93. The van der Waals surface area contributed by atoms with Gasteiger partial charge in [-0.25, -0.2) is 0 Å². The number of carbonyl (C=O) groups is 2. The minimum atomic E-state index is -0.362. The molecule has 1 aliphatic rings. The molecule has 0 aliphatic carbocycles. The highest BCUT2D eigenvalue weighted by molar-refractivity contribution is 5.98. The molecule has 1 aliphatic heterocycles. The van der Waals surface area contributed by atoms with Crippen molar-refractivity contribution in [2.24, 2.45) is 5.92 Å². The Morgan fingerprint density at radius 3 is 2.92 bits per heavy atom. The number of Topliss-reactive ketones (excluding diaryl/α,β-unsaturated/α-hetero) is 1. The van der Waals surface area contributed by atoms with Gasteiger partial charge in [-0.1, -0.05) is 0 Å². The fourth-order valence-corrected chi connectivity index (χ4v) is 1.30. The first-order chi connectivity index (χ1) is 6.27. The van der Waals surface area contributed by atoms with Crippen LogP contribution in [0.5, 0.6) is 0 Å². The second kappa shape index (κ2) is 3.05. The number of carbonyl (C=O) groups excluding carboxylic acids is 2. The van der Waals surface area contributed by atoms with Gasteiger partial charge in [-0.2, -0.15) is 0 Å². The molecular weight excluding hydrogens is 172 g/mol. The Morgan fingerprint density at radius 1 is 1.54 bits per heavy atom. The minimum Gasteiger partial charge on any atom is -0.465 e. The van der Waals surface area contributed by atoms with Crippen LogP contribution >= 0.6 is 0 Å². The zero-order valence-electron chi connectivity index (χ0n) is 6.86. The summed E-state index contributed by atoms with van der Waals surface area (Å²) in [4.78, 5) is 22.3. The van der Waals surface area contributed by atoms with Crippen LogP contribution in [-0.2, 0) is 9.53 Å². The van der Waals surface area contributed by atoms with Gasteiger partial charge < -0.3 is 9.15 Å². The number of ketones is 1. The molecule has 2 heterocycles. The van der Waals surface area contributed by atoms with Gasteiger partial charge in [0.05, 0.1) is 18.6 Å². The molecule has 1 unspecified atom stereocenters. The molecule has 4 heteroatoms. The van der Waals surface area contributed by atoms with Gasteiger partial charge in [-0.05, 0) is 12.1 Å². The zero-order valence-corrected chi connectivity index (χ0v) is 6.86. The first-order valence-corrected chi connectivity index (χ1v) is 4.00. The Balaban J connectivity index is 2.10. The Kier molecular flexibility index (Phi) is 1.88. The van der Waals surface area contributed by atoms with E-state index in [1.807, 2.05) is 0 Å². The van der Waals surface area contributed by atoms with Gasteiger partial charge in [0.15, 0.2) is 5.76 Å². The van der Waals surface area contributed by atoms with Crippen molar-refractivity contribution < 1.29 is 18.7 Å². The summed E-state index contributed by atoms with van der Waals surface area (Å²) in [6.07, 6.45) is 1.60. The summed E-state index contributed by atoms with van der Waals surface area (Å²) in [5.74, 6) is -0.539. The van der Waals surface area contributed by atoms with E-state index in [0.29, 0.717) is 5.76 Å². The quantitative estimate of drug-likeness (QED) is 0.503. The number of rotatable bonds is 2. The molecule has 68 valence electrons. The molecule has 13 heavy (non-hydrogen) atoms. The molecule has 0 spiro atoms. The maximum atomic E-state index is 11.5. The third kappa shape index (κ3) is 1.47. The summed E-state index contributed by atoms with van der Waals surface area (Å²) in [5.41, 5.74) is 0. The van der Waals surface area contributed by atoms with E-state index in [1.165, 1.54) is 6.26 Å². The summed E-state index contributed by atoms with van der Waals surface area (Å²) in [5, 5.41) is 0. The van der Waals surface area contributed by atoms with Crippen molar-refractivity contribution in [1.82, 2.24) is 0 Å². The van der Waals surface area contributed by atoms with E-state index in [2.05, 4.69) is 4.74 Å². The largest absolute Gasteiger partial charge is 0.465 e. The molecule has 1 saturated heterocycles. The normalized spacial score (nSPS) is 21.5. The van der Waals surface area contributed by atoms with E-state index in [0.717, 1.165) is 0 Å². The van der Waals surface area contributed by atoms with Crippen LogP contribution < -0.4 is 0 Å². The van der Waals surface area contributed by atoms with Gasteiger partial charge in [-0.15, -0.1) is 0 Å². The summed E-state index contributed by atoms with van der Waals surface area (Å²) >= 11 is 0. The Morgan fingerprint density at radius 2 is 2.38 bits per heavy atom. The second-order valence-corrected chi connectivity index (χ2v) is 2.93. The third-order valence-electron chi connectivity index (χ3n) is 1.99. The van der Waals surface area contributed by atoms with Crippen LogP contribution in [0.3, 0.4) is 0 Å². The summed E-state index contributed by atoms with van der Waals surface area (Å²) in [6.45, 7) is 0.179. The van der Waals surface area contributed by atoms with Crippen LogP contribution in [0.25, 0.3) is 0 Å². The van der Waals surface area contributed by atoms with Crippen molar-refractivity contribution in [1.29, 1.82) is 0 Å². The first-order valence-electron chi connectivity index (χ1n) is 4.00. The smallest absolute Gasteiger partial charge is 0.306 e. The van der Waals surface area contributed by atoms with Crippen molar-refractivity contribution in [3.8, 4) is 0 Å². The standard InChI is InChI=1S/C9H8O4/c10-8-4-6(5-13-8)9(11)7-2-1-3-12-7/h1-3,6H,4-5H2. The van der Waals surface area contributed by atoms with E-state index in [-0.39, 0.29) is 30.7 Å². The lowest BCUT2D eigenvalue weighted by molar-refractivity contribution is -0.137. The maximum absolute atomic E-state index is 11.5. The number of esters is 1. The zero-order chi connectivity index (χ0) is 9.26. The molecule has 0 aromatic carbocycles. The van der Waals surface area contributed by atoms with E-state index >= 15 is 0 Å². The van der Waals surface area contributed by atoms with Crippen LogP contribution in [0.1, 0.15) is 17.0 Å². The van der Waals surface area contributed by atoms with Crippen molar-refractivity contribution in [3.63, 3.8) is 0 Å². The van der Waals surface area contributed by atoms with E-state index in [9.17, 15) is 9.59 Å². The highest BCUT2D eigenvalue weighted by Gasteiger charge is 2.31. The van der Waals surface area contributed by atoms with Gasteiger partial charge >= 0.3 is 5.97 Å². The van der Waals surface area contributed by atoms with Gasteiger partial charge in [0.1, 0.15) is 6.61 Å². The number of hydrogen-bond acceptors (Lipinski definition) is 4. The van der Waals surface area contributed by atoms with E-state index < -0.39 is 0 Å². The number of cyclic esters (lactones) is 1. The lowest BCUT2D eigenvalue weighted by Gasteiger charge is -2.00. The first kappa shape index (κ1) is 8.04. The predicted octanol–water partition coefficient (Wildman–Crippen LogP) is 1.03. The fourth-order valence-electron chi connectivity index (χ4n) is 1.30. The molecule has 1 aromatic rings. The molecule has 0 bridgehead atoms. The molecule has 0 N–H and O–H groups in total. The van der Waals surface area contributed by atoms with Gasteiger partial charge in [0.2, 0.25) is 5.78 Å². The molecule has 1 aromatic heterocycles. The maximum Gasteiger partial charge on any atom is 0.306 e. The van der Waals surface area contributed by atoms with Gasteiger partial charge in [-0.3, -0.25) is 9.59 Å². The van der Waals surface area contributed by atoms with E-state index in [1.54, 1.807) is 12.1 Å². The summed E-state index contributed by atoms with van der Waals surface area (Å²) in [7, 11) is 0. The fraction of sp³-hybridized carbons (Fsp3) is 0.333. The van der Waals surface area contributed by atoms with Crippen molar-refractivity contribution in [2.75, 3.05) is 6.61 Å². The highest BCUT2D eigenvalue weighted by atomic mass is 16.5. The third-order valence-corrected chi connectivity index (χ3v) is 1.99. The van der Waals surface area contributed by atoms with Crippen LogP contribution in [0.2, 0.25) is 0 Å². The van der Waals surface area contributed by atoms with Crippen molar-refractivity contribution in [2.45, 2.75) is 6.42 Å². The van der Waals surface area contributed by atoms with Crippen molar-refractivity contribution in [3.05, 3.63) is 24.2 Å². The summed E-state index contributed by atoms with van der Waals surface area (Å²) < 4.78 is 9.61. The predicted molar refractivity (Wildman–Crippen MR) is 42.1 cm³/mol. The Bertz CT molecular complexity index is 325. The molecule has 0 saturated carbocycles. The summed E-state index contributed by atoms with van der Waals surface area (Å²) in [6, 6.07) is 3.23. The molecule has 1 fully saturated rings. The lowest BCUT2D eigenvalue weighted by atomic mass is 10.0.